The second-order valence-corrected chi connectivity index (χ2v) is 8.91. The van der Waals surface area contributed by atoms with Crippen LogP contribution < -0.4 is 10.6 Å². The molecular formula is C21H23F3N4O2S. The highest BCUT2D eigenvalue weighted by molar-refractivity contribution is 8.00. The van der Waals surface area contributed by atoms with Crippen molar-refractivity contribution in [3.05, 3.63) is 53.9 Å². The van der Waals surface area contributed by atoms with E-state index in [1.54, 1.807) is 17.3 Å². The van der Waals surface area contributed by atoms with Crippen molar-refractivity contribution in [1.29, 1.82) is 0 Å². The number of aldehydes is 1. The highest BCUT2D eigenvalue weighted by Crippen LogP contribution is 2.40. The van der Waals surface area contributed by atoms with Gasteiger partial charge in [-0.25, -0.2) is 0 Å². The van der Waals surface area contributed by atoms with E-state index in [2.05, 4.69) is 4.98 Å². The first-order valence-electron chi connectivity index (χ1n) is 9.55. The van der Waals surface area contributed by atoms with E-state index in [9.17, 15) is 22.8 Å². The summed E-state index contributed by atoms with van der Waals surface area (Å²) in [5, 5.41) is 0. The van der Waals surface area contributed by atoms with E-state index >= 15 is 0 Å². The van der Waals surface area contributed by atoms with Crippen LogP contribution in [0, 0.1) is 0 Å². The maximum Gasteiger partial charge on any atom is 0.446 e. The zero-order valence-electron chi connectivity index (χ0n) is 17.1. The predicted molar refractivity (Wildman–Crippen MR) is 112 cm³/mol. The van der Waals surface area contributed by atoms with E-state index in [4.69, 9.17) is 5.73 Å². The molecule has 1 aliphatic heterocycles. The van der Waals surface area contributed by atoms with E-state index in [1.807, 2.05) is 24.8 Å². The van der Waals surface area contributed by atoms with E-state index in [1.165, 1.54) is 24.3 Å². The fourth-order valence-electron chi connectivity index (χ4n) is 3.89. The molecule has 1 fully saturated rings. The molecule has 0 amide bonds. The van der Waals surface area contributed by atoms with Gasteiger partial charge >= 0.3 is 5.51 Å². The lowest BCUT2D eigenvalue weighted by Gasteiger charge is -2.34. The van der Waals surface area contributed by atoms with Crippen LogP contribution in [0.25, 0.3) is 0 Å². The van der Waals surface area contributed by atoms with Crippen LogP contribution in [-0.4, -0.2) is 45.7 Å². The largest absolute Gasteiger partial charge is 0.446 e. The van der Waals surface area contributed by atoms with Gasteiger partial charge in [-0.1, -0.05) is 0 Å². The number of thioether (sulfide) groups is 1. The Labute approximate surface area is 182 Å². The summed E-state index contributed by atoms with van der Waals surface area (Å²) in [4.78, 5) is 31.9. The molecule has 6 nitrogen and oxygen atoms in total. The lowest BCUT2D eigenvalue weighted by Crippen LogP contribution is -2.51. The summed E-state index contributed by atoms with van der Waals surface area (Å²) in [5.41, 5.74) is 3.12. The molecule has 2 aromatic rings. The van der Waals surface area contributed by atoms with Crippen molar-refractivity contribution >= 4 is 29.5 Å². The maximum atomic E-state index is 12.6. The van der Waals surface area contributed by atoms with Crippen LogP contribution in [0.1, 0.15) is 25.0 Å². The van der Waals surface area contributed by atoms with Crippen LogP contribution in [-0.2, 0) is 22.7 Å². The lowest BCUT2D eigenvalue weighted by atomic mass is 9.90. The molecular weight excluding hydrogens is 429 g/mol. The normalized spacial score (nSPS) is 18.9. The summed E-state index contributed by atoms with van der Waals surface area (Å²) in [6, 6.07) is 6.88. The Morgan fingerprint density at radius 3 is 2.52 bits per heavy atom. The third kappa shape index (κ3) is 5.08. The number of Topliss-reactive ketones (excluding diaryl/α,β-unsaturated/α-hetero) is 1. The second-order valence-electron chi connectivity index (χ2n) is 7.78. The van der Waals surface area contributed by atoms with Gasteiger partial charge in [0.2, 0.25) is 5.78 Å². The van der Waals surface area contributed by atoms with Crippen LogP contribution in [0.4, 0.5) is 18.9 Å². The molecule has 3 rings (SSSR count). The number of carbonyl (C=O) groups excluding carboxylic acids is 2. The molecule has 0 aliphatic carbocycles. The molecule has 1 aliphatic rings. The molecule has 1 aromatic carbocycles. The van der Waals surface area contributed by atoms with Crippen molar-refractivity contribution < 1.29 is 22.8 Å². The zero-order valence-corrected chi connectivity index (χ0v) is 17.9. The Balaban J connectivity index is 1.92. The van der Waals surface area contributed by atoms with Crippen molar-refractivity contribution in [1.82, 2.24) is 9.88 Å². The van der Waals surface area contributed by atoms with E-state index < -0.39 is 22.9 Å². The highest BCUT2D eigenvalue weighted by Gasteiger charge is 2.50. The van der Waals surface area contributed by atoms with Gasteiger partial charge in [0.15, 0.2) is 6.29 Å². The van der Waals surface area contributed by atoms with E-state index in [0.29, 0.717) is 31.7 Å². The van der Waals surface area contributed by atoms with Gasteiger partial charge in [-0.2, -0.15) is 13.2 Å². The number of anilines is 1. The number of hydrogen-bond donors (Lipinski definition) is 1. The van der Waals surface area contributed by atoms with Gasteiger partial charge in [0.25, 0.3) is 0 Å². The Hall–Kier alpha value is -2.43. The molecule has 0 radical (unpaired) electrons. The van der Waals surface area contributed by atoms with Gasteiger partial charge in [0.1, 0.15) is 6.04 Å². The van der Waals surface area contributed by atoms with Crippen molar-refractivity contribution in [3.8, 4) is 0 Å². The molecule has 0 saturated carbocycles. The molecule has 31 heavy (non-hydrogen) atoms. The molecule has 1 unspecified atom stereocenters. The average Bonchev–Trinajstić information content (AvgIpc) is 2.97. The quantitative estimate of drug-likeness (QED) is 0.392. The highest BCUT2D eigenvalue weighted by atomic mass is 32.2. The second kappa shape index (κ2) is 8.97. The Kier molecular flexibility index (Phi) is 6.73. The third-order valence-electron chi connectivity index (χ3n) is 5.49. The molecule has 0 bridgehead atoms. The van der Waals surface area contributed by atoms with E-state index in [0.717, 1.165) is 11.1 Å². The topological polar surface area (TPSA) is 79.5 Å². The summed E-state index contributed by atoms with van der Waals surface area (Å²) in [5.74, 6) is -0.588. The summed E-state index contributed by atoms with van der Waals surface area (Å²) in [6.45, 7) is 4.85. The minimum atomic E-state index is -4.38. The first-order chi connectivity index (χ1) is 14.6. The number of ketones is 1. The number of carbonyl (C=O) groups is 2. The number of alkyl halides is 3. The average molecular weight is 453 g/mol. The van der Waals surface area contributed by atoms with Crippen molar-refractivity contribution in [2.75, 3.05) is 11.6 Å². The number of rotatable bonds is 7. The van der Waals surface area contributed by atoms with Gasteiger partial charge in [0, 0.05) is 41.6 Å². The molecule has 1 atom stereocenters. The number of pyridine rings is 1. The summed E-state index contributed by atoms with van der Waals surface area (Å²) >= 11 is -0.200. The maximum absolute atomic E-state index is 12.6. The summed E-state index contributed by atoms with van der Waals surface area (Å²) < 4.78 is 37.9. The van der Waals surface area contributed by atoms with Gasteiger partial charge < -0.3 is 10.6 Å². The number of nitrogens with two attached hydrogens (primary N) is 1. The summed E-state index contributed by atoms with van der Waals surface area (Å²) in [6.07, 6.45) is 3.66. The van der Waals surface area contributed by atoms with Gasteiger partial charge in [-0.3, -0.25) is 19.5 Å². The molecule has 0 spiro atoms. The van der Waals surface area contributed by atoms with E-state index in [-0.39, 0.29) is 16.7 Å². The lowest BCUT2D eigenvalue weighted by molar-refractivity contribution is -0.131. The SMILES string of the molecule is CC1(C)C(C(=O)C=O)N(c2ccc(SC(F)(F)F)cc2)CN1Cc1ccncc1CN. The van der Waals surface area contributed by atoms with Gasteiger partial charge in [-0.15, -0.1) is 0 Å². The van der Waals surface area contributed by atoms with Gasteiger partial charge in [0.05, 0.1) is 6.67 Å². The number of benzene rings is 1. The fourth-order valence-corrected chi connectivity index (χ4v) is 4.43. The smallest absolute Gasteiger partial charge is 0.346 e. The van der Waals surface area contributed by atoms with Crippen molar-refractivity contribution in [3.63, 3.8) is 0 Å². The molecule has 1 saturated heterocycles. The first kappa shape index (κ1) is 23.2. The van der Waals surface area contributed by atoms with Crippen LogP contribution in [0.2, 0.25) is 0 Å². The number of nitrogens with zero attached hydrogens (tertiary/aromatic N) is 3. The zero-order chi connectivity index (χ0) is 22.8. The predicted octanol–water partition coefficient (Wildman–Crippen LogP) is 3.35. The standard InChI is InChI=1S/C21H23F3N4O2S/c1-20(2)19(18(30)12-29)28(16-3-5-17(6-4-16)31-21(22,23)24)13-27(20)11-14-7-8-26-10-15(14)9-25/h3-8,10,12,19H,9,11,13,25H2,1-2H3. The van der Waals surface area contributed by atoms with Crippen LogP contribution in [0.5, 0.6) is 0 Å². The number of hydrogen-bond acceptors (Lipinski definition) is 7. The number of aromatic nitrogens is 1. The van der Waals surface area contributed by atoms with Crippen LogP contribution in [0.15, 0.2) is 47.6 Å². The Morgan fingerprint density at radius 1 is 1.26 bits per heavy atom. The summed E-state index contributed by atoms with van der Waals surface area (Å²) in [7, 11) is 0. The van der Waals surface area contributed by atoms with Crippen molar-refractivity contribution in [2.24, 2.45) is 5.73 Å². The van der Waals surface area contributed by atoms with Crippen LogP contribution in [0.3, 0.4) is 0 Å². The number of halogens is 3. The fraction of sp³-hybridized carbons (Fsp3) is 0.381. The monoisotopic (exact) mass is 452 g/mol. The molecule has 10 heteroatoms. The Bertz CT molecular complexity index is 950. The minimum absolute atomic E-state index is 0.0502. The molecule has 2 N–H and O–H groups in total. The molecule has 2 heterocycles. The first-order valence-corrected chi connectivity index (χ1v) is 10.4. The molecule has 166 valence electrons. The van der Waals surface area contributed by atoms with Gasteiger partial charge in [-0.05, 0) is 67.1 Å². The van der Waals surface area contributed by atoms with Crippen molar-refractivity contribution in [2.45, 2.75) is 48.9 Å². The Morgan fingerprint density at radius 2 is 1.94 bits per heavy atom. The van der Waals surface area contributed by atoms with Crippen LogP contribution >= 0.6 is 11.8 Å². The molecule has 1 aromatic heterocycles. The third-order valence-corrected chi connectivity index (χ3v) is 6.23. The minimum Gasteiger partial charge on any atom is -0.346 e.